The fraction of sp³-hybridized carbons (Fsp3) is 0.415. The summed E-state index contributed by atoms with van der Waals surface area (Å²) in [6.45, 7) is 6.30. The molecule has 0 aliphatic carbocycles. The largest absolute Gasteiger partial charge is 0.492 e. The number of imide groups is 2. The van der Waals surface area contributed by atoms with Crippen molar-refractivity contribution in [3.05, 3.63) is 75.2 Å². The Hall–Kier alpha value is -6.11. The SMILES string of the molecule is CCn1c(=O)c(OCC(=O)NC)cc2cc(Nc3nc(N4CCN([C@H]5C[C@H](COc6ccc7c(c6)C(=O)N(C6CCC(=O)NC6=O)C7=O)N(C)C5)CC4)ncc3Cl)ccc21. The topological polar surface area (TPSA) is 201 Å². The summed E-state index contributed by atoms with van der Waals surface area (Å²) in [7, 11) is 3.57. The smallest absolute Gasteiger partial charge is 0.293 e. The number of amides is 5. The van der Waals surface area contributed by atoms with Gasteiger partial charge in [-0.15, -0.1) is 0 Å². The lowest BCUT2D eigenvalue weighted by Gasteiger charge is -2.38. The molecule has 19 heteroatoms. The van der Waals surface area contributed by atoms with Gasteiger partial charge in [-0.2, -0.15) is 4.98 Å². The highest BCUT2D eigenvalue weighted by Gasteiger charge is 2.45. The lowest BCUT2D eigenvalue weighted by atomic mass is 10.0. The summed E-state index contributed by atoms with van der Waals surface area (Å²) in [5.74, 6) is -0.996. The molecular formula is C41H45ClN10O8. The molecule has 5 amide bonds. The number of piperidine rings is 1. The van der Waals surface area contributed by atoms with Gasteiger partial charge >= 0.3 is 0 Å². The molecule has 6 heterocycles. The number of fused-ring (bicyclic) bond motifs is 2. The minimum absolute atomic E-state index is 0.0584. The fourth-order valence-electron chi connectivity index (χ4n) is 8.34. The van der Waals surface area contributed by atoms with E-state index in [9.17, 15) is 28.8 Å². The van der Waals surface area contributed by atoms with E-state index >= 15 is 0 Å². The summed E-state index contributed by atoms with van der Waals surface area (Å²) in [6.07, 6.45) is 2.62. The predicted molar refractivity (Wildman–Crippen MR) is 221 cm³/mol. The van der Waals surface area contributed by atoms with Gasteiger partial charge in [0.1, 0.15) is 23.4 Å². The molecule has 0 bridgehead atoms. The first-order valence-corrected chi connectivity index (χ1v) is 20.3. The lowest BCUT2D eigenvalue weighted by molar-refractivity contribution is -0.136. The van der Waals surface area contributed by atoms with E-state index in [1.165, 1.54) is 7.05 Å². The van der Waals surface area contributed by atoms with Crippen LogP contribution in [0.5, 0.6) is 11.5 Å². The number of aryl methyl sites for hydroxylation is 1. The van der Waals surface area contributed by atoms with E-state index in [0.717, 1.165) is 41.9 Å². The van der Waals surface area contributed by atoms with Crippen molar-refractivity contribution in [1.82, 2.24) is 39.9 Å². The van der Waals surface area contributed by atoms with Gasteiger partial charge in [-0.05, 0) is 69.3 Å². The van der Waals surface area contributed by atoms with Gasteiger partial charge in [0.15, 0.2) is 18.2 Å². The van der Waals surface area contributed by atoms with Crippen molar-refractivity contribution in [2.75, 3.05) is 70.2 Å². The van der Waals surface area contributed by atoms with Gasteiger partial charge in [0, 0.05) is 75.9 Å². The van der Waals surface area contributed by atoms with Crippen LogP contribution in [0.15, 0.2) is 53.5 Å². The Labute approximate surface area is 349 Å². The van der Waals surface area contributed by atoms with Crippen LogP contribution in [0.4, 0.5) is 17.5 Å². The van der Waals surface area contributed by atoms with Crippen molar-refractivity contribution in [2.45, 2.75) is 50.9 Å². The monoisotopic (exact) mass is 840 g/mol. The summed E-state index contributed by atoms with van der Waals surface area (Å²) >= 11 is 6.58. The van der Waals surface area contributed by atoms with Gasteiger partial charge in [-0.1, -0.05) is 11.6 Å². The van der Waals surface area contributed by atoms with E-state index in [2.05, 4.69) is 42.7 Å². The highest BCUT2D eigenvalue weighted by Crippen LogP contribution is 2.32. The van der Waals surface area contributed by atoms with Crippen molar-refractivity contribution in [3.8, 4) is 11.5 Å². The molecule has 3 atom stereocenters. The molecule has 3 fully saturated rings. The molecule has 314 valence electrons. The Kier molecular flexibility index (Phi) is 11.4. The van der Waals surface area contributed by atoms with Crippen LogP contribution in [0.25, 0.3) is 10.9 Å². The van der Waals surface area contributed by atoms with Gasteiger partial charge in [0.25, 0.3) is 23.3 Å². The number of hydrogen-bond donors (Lipinski definition) is 3. The first-order valence-electron chi connectivity index (χ1n) is 19.9. The van der Waals surface area contributed by atoms with Crippen LogP contribution < -0.4 is 35.9 Å². The number of aromatic nitrogens is 3. The summed E-state index contributed by atoms with van der Waals surface area (Å²) in [6, 6.07) is 11.4. The maximum absolute atomic E-state index is 13.3. The molecule has 8 rings (SSSR count). The normalized spacial score (nSPS) is 21.0. The Bertz CT molecular complexity index is 2450. The lowest BCUT2D eigenvalue weighted by Crippen LogP contribution is -2.54. The van der Waals surface area contributed by atoms with Crippen molar-refractivity contribution in [2.24, 2.45) is 0 Å². The molecule has 3 saturated heterocycles. The third-order valence-corrected chi connectivity index (χ3v) is 11.9. The number of halogens is 1. The standard InChI is InChI=1S/C41H45ClN10O8/c1-4-51-31-8-5-24(15-23(31)16-33(40(51)58)60-22-35(54)43-2)45-36-30(42)19-44-41(47-36)50-13-11-49(12-14-50)25-17-26(48(3)20-25)21-59-27-6-7-28-29(18-27)39(57)52(38(28)56)32-9-10-34(53)46-37(32)55/h5-8,15-16,18-19,25-26,32H,4,9-14,17,20-22H2,1-3H3,(H,43,54)(H,44,45,47)(H,46,53,55)/t25-,26+,32?/m0/s1. The molecule has 1 unspecified atom stereocenters. The van der Waals surface area contributed by atoms with E-state index in [1.54, 1.807) is 35.0 Å². The number of ether oxygens (including phenoxy) is 2. The van der Waals surface area contributed by atoms with Crippen molar-refractivity contribution >= 4 is 69.5 Å². The molecule has 0 radical (unpaired) electrons. The number of hydrogen-bond acceptors (Lipinski definition) is 14. The second-order valence-corrected chi connectivity index (χ2v) is 15.7. The average Bonchev–Trinajstić information content (AvgIpc) is 3.74. The first kappa shape index (κ1) is 40.7. The van der Waals surface area contributed by atoms with Gasteiger partial charge in [-0.3, -0.25) is 48.8 Å². The Balaban J connectivity index is 0.862. The molecular weight excluding hydrogens is 796 g/mol. The number of nitrogens with zero attached hydrogens (tertiary/aromatic N) is 7. The van der Waals surface area contributed by atoms with E-state index in [4.69, 9.17) is 26.1 Å². The maximum atomic E-state index is 13.3. The van der Waals surface area contributed by atoms with Gasteiger partial charge in [0.2, 0.25) is 17.8 Å². The number of piperazine rings is 1. The van der Waals surface area contributed by atoms with Gasteiger partial charge in [0.05, 0.1) is 22.8 Å². The second-order valence-electron chi connectivity index (χ2n) is 15.3. The minimum atomic E-state index is -1.02. The summed E-state index contributed by atoms with van der Waals surface area (Å²) in [5.41, 5.74) is 1.49. The third-order valence-electron chi connectivity index (χ3n) is 11.6. The number of rotatable bonds is 12. The Morgan fingerprint density at radius 2 is 1.77 bits per heavy atom. The Morgan fingerprint density at radius 1 is 0.983 bits per heavy atom. The van der Waals surface area contributed by atoms with Crippen LogP contribution in [-0.4, -0.2) is 137 Å². The quantitative estimate of drug-likeness (QED) is 0.175. The number of carbonyl (C=O) groups is 5. The second kappa shape index (κ2) is 16.9. The van der Waals surface area contributed by atoms with Crippen LogP contribution in [0.2, 0.25) is 5.02 Å². The molecule has 60 heavy (non-hydrogen) atoms. The van der Waals surface area contributed by atoms with Crippen LogP contribution in [0, 0.1) is 0 Å². The number of likely N-dealkylation sites (tertiary alicyclic amines) is 1. The number of carbonyl (C=O) groups excluding carboxylic acids is 5. The van der Waals surface area contributed by atoms with Gasteiger partial charge in [-0.25, -0.2) is 4.98 Å². The number of likely N-dealkylation sites (N-methyl/N-ethyl adjacent to an activating group) is 2. The number of pyridine rings is 1. The van der Waals surface area contributed by atoms with Crippen LogP contribution in [-0.2, 0) is 20.9 Å². The average molecular weight is 841 g/mol. The van der Waals surface area contributed by atoms with Crippen molar-refractivity contribution in [1.29, 1.82) is 0 Å². The molecule has 2 aromatic carbocycles. The molecule has 4 aromatic rings. The van der Waals surface area contributed by atoms with E-state index < -0.39 is 29.7 Å². The van der Waals surface area contributed by atoms with Crippen LogP contribution in [0.1, 0.15) is 46.9 Å². The third kappa shape index (κ3) is 7.97. The zero-order chi connectivity index (χ0) is 42.2. The number of nitrogens with one attached hydrogen (secondary N) is 3. The molecule has 0 saturated carbocycles. The van der Waals surface area contributed by atoms with E-state index in [1.807, 2.05) is 25.1 Å². The zero-order valence-electron chi connectivity index (χ0n) is 33.4. The minimum Gasteiger partial charge on any atom is -0.492 e. The van der Waals surface area contributed by atoms with E-state index in [0.29, 0.717) is 60.5 Å². The molecule has 0 spiro atoms. The molecule has 18 nitrogen and oxygen atoms in total. The number of anilines is 3. The predicted octanol–water partition coefficient (Wildman–Crippen LogP) is 2.01. The Morgan fingerprint density at radius 3 is 2.52 bits per heavy atom. The zero-order valence-corrected chi connectivity index (χ0v) is 34.2. The van der Waals surface area contributed by atoms with Crippen molar-refractivity contribution < 1.29 is 33.4 Å². The maximum Gasteiger partial charge on any atom is 0.293 e. The first-order chi connectivity index (χ1) is 28.9. The molecule has 2 aromatic heterocycles. The fourth-order valence-corrected chi connectivity index (χ4v) is 8.47. The van der Waals surface area contributed by atoms with Crippen LogP contribution in [0.3, 0.4) is 0 Å². The highest BCUT2D eigenvalue weighted by atomic mass is 35.5. The number of benzene rings is 2. The van der Waals surface area contributed by atoms with Gasteiger partial charge < -0.3 is 29.6 Å². The molecule has 3 N–H and O–H groups in total. The summed E-state index contributed by atoms with van der Waals surface area (Å²) in [4.78, 5) is 92.4. The highest BCUT2D eigenvalue weighted by molar-refractivity contribution is 6.33. The van der Waals surface area contributed by atoms with Crippen LogP contribution >= 0.6 is 11.6 Å². The van der Waals surface area contributed by atoms with Crippen molar-refractivity contribution in [3.63, 3.8) is 0 Å². The summed E-state index contributed by atoms with van der Waals surface area (Å²) < 4.78 is 13.3. The summed E-state index contributed by atoms with van der Waals surface area (Å²) in [5, 5.41) is 9.09. The van der Waals surface area contributed by atoms with E-state index in [-0.39, 0.29) is 53.8 Å². The molecule has 4 aliphatic heterocycles. The molecule has 4 aliphatic rings.